The summed E-state index contributed by atoms with van der Waals surface area (Å²) in [5.41, 5.74) is 9.40. The summed E-state index contributed by atoms with van der Waals surface area (Å²) >= 11 is 9.87. The first-order valence-electron chi connectivity index (χ1n) is 6.70. The molecular formula is C16H15BrClN3. The molecule has 1 aromatic heterocycles. The van der Waals surface area contributed by atoms with Crippen LogP contribution in [0.25, 0.3) is 16.7 Å². The third kappa shape index (κ3) is 2.54. The minimum atomic E-state index is 0.276. The fourth-order valence-corrected chi connectivity index (χ4v) is 3.18. The molecule has 0 aliphatic carbocycles. The minimum Gasteiger partial charge on any atom is -0.399 e. The third-order valence-corrected chi connectivity index (χ3v) is 4.17. The Morgan fingerprint density at radius 2 is 1.95 bits per heavy atom. The molecule has 108 valence electrons. The van der Waals surface area contributed by atoms with Crippen molar-refractivity contribution in [3.63, 3.8) is 0 Å². The van der Waals surface area contributed by atoms with E-state index in [4.69, 9.17) is 22.3 Å². The number of nitrogens with two attached hydrogens (primary N) is 1. The molecular weight excluding hydrogens is 350 g/mol. The molecule has 0 saturated carbocycles. The number of benzene rings is 2. The van der Waals surface area contributed by atoms with E-state index in [1.165, 1.54) is 0 Å². The maximum Gasteiger partial charge on any atom is 0.117 e. The fourth-order valence-electron chi connectivity index (χ4n) is 2.42. The summed E-state index contributed by atoms with van der Waals surface area (Å²) in [4.78, 5) is 4.73. The molecule has 1 heterocycles. The summed E-state index contributed by atoms with van der Waals surface area (Å²) in [7, 11) is 0. The van der Waals surface area contributed by atoms with Gasteiger partial charge in [0.25, 0.3) is 0 Å². The van der Waals surface area contributed by atoms with Crippen LogP contribution in [-0.2, 0) is 0 Å². The van der Waals surface area contributed by atoms with E-state index < -0.39 is 0 Å². The summed E-state index contributed by atoms with van der Waals surface area (Å²) in [6.07, 6.45) is 0. The van der Waals surface area contributed by atoms with E-state index in [0.29, 0.717) is 10.7 Å². The average Bonchev–Trinajstić information content (AvgIpc) is 2.77. The van der Waals surface area contributed by atoms with E-state index >= 15 is 0 Å². The first kappa shape index (κ1) is 14.4. The predicted octanol–water partition coefficient (Wildman–Crippen LogP) is 5.15. The van der Waals surface area contributed by atoms with Gasteiger partial charge in [-0.15, -0.1) is 0 Å². The number of imidazole rings is 1. The Morgan fingerprint density at radius 1 is 1.19 bits per heavy atom. The van der Waals surface area contributed by atoms with Crippen LogP contribution in [0.15, 0.2) is 40.9 Å². The van der Waals surface area contributed by atoms with Gasteiger partial charge in [-0.3, -0.25) is 4.57 Å². The molecule has 2 aromatic carbocycles. The van der Waals surface area contributed by atoms with Crippen molar-refractivity contribution < 1.29 is 0 Å². The number of nitrogens with zero attached hydrogens (tertiary/aromatic N) is 2. The SMILES string of the molecule is CC(C)c1nc2cc(N)ccc2n1-c1ccc(Br)cc1Cl. The van der Waals surface area contributed by atoms with Crippen LogP contribution in [0.3, 0.4) is 0 Å². The van der Waals surface area contributed by atoms with Gasteiger partial charge in [0.2, 0.25) is 0 Å². The van der Waals surface area contributed by atoms with Gasteiger partial charge in [-0.2, -0.15) is 0 Å². The summed E-state index contributed by atoms with van der Waals surface area (Å²) in [5.74, 6) is 1.25. The zero-order chi connectivity index (χ0) is 15.1. The number of anilines is 1. The van der Waals surface area contributed by atoms with Crippen LogP contribution in [0.2, 0.25) is 5.02 Å². The summed E-state index contributed by atoms with van der Waals surface area (Å²) < 4.78 is 3.06. The summed E-state index contributed by atoms with van der Waals surface area (Å²) in [5, 5.41) is 0.683. The Labute approximate surface area is 136 Å². The molecule has 0 aliphatic rings. The van der Waals surface area contributed by atoms with Crippen molar-refractivity contribution in [2.45, 2.75) is 19.8 Å². The second-order valence-electron chi connectivity index (χ2n) is 5.30. The molecule has 5 heteroatoms. The van der Waals surface area contributed by atoms with Crippen LogP contribution in [0.4, 0.5) is 5.69 Å². The highest BCUT2D eigenvalue weighted by Crippen LogP contribution is 2.32. The van der Waals surface area contributed by atoms with E-state index in [-0.39, 0.29) is 5.92 Å². The molecule has 21 heavy (non-hydrogen) atoms. The first-order chi connectivity index (χ1) is 9.97. The van der Waals surface area contributed by atoms with Gasteiger partial charge in [0.1, 0.15) is 5.82 Å². The summed E-state index contributed by atoms with van der Waals surface area (Å²) in [6.45, 7) is 4.24. The van der Waals surface area contributed by atoms with Crippen LogP contribution < -0.4 is 5.73 Å². The third-order valence-electron chi connectivity index (χ3n) is 3.37. The fraction of sp³-hybridized carbons (Fsp3) is 0.188. The average molecular weight is 365 g/mol. The lowest BCUT2D eigenvalue weighted by atomic mass is 10.2. The van der Waals surface area contributed by atoms with Crippen LogP contribution in [0, 0.1) is 0 Å². The van der Waals surface area contributed by atoms with E-state index in [0.717, 1.165) is 27.0 Å². The highest BCUT2D eigenvalue weighted by Gasteiger charge is 2.17. The number of nitrogen functional groups attached to an aromatic ring is 1. The van der Waals surface area contributed by atoms with Gasteiger partial charge in [-0.25, -0.2) is 4.98 Å². The Hall–Kier alpha value is -1.52. The van der Waals surface area contributed by atoms with Crippen molar-refractivity contribution in [2.75, 3.05) is 5.73 Å². The van der Waals surface area contributed by atoms with Gasteiger partial charge < -0.3 is 5.73 Å². The number of rotatable bonds is 2. The van der Waals surface area contributed by atoms with Crippen LogP contribution in [-0.4, -0.2) is 9.55 Å². The second kappa shape index (κ2) is 5.35. The maximum absolute atomic E-state index is 6.43. The van der Waals surface area contributed by atoms with E-state index in [1.54, 1.807) is 0 Å². The highest BCUT2D eigenvalue weighted by atomic mass is 79.9. The lowest BCUT2D eigenvalue weighted by Gasteiger charge is -2.13. The van der Waals surface area contributed by atoms with Gasteiger partial charge in [-0.1, -0.05) is 41.4 Å². The molecule has 0 unspecified atom stereocenters. The van der Waals surface area contributed by atoms with Crippen LogP contribution >= 0.6 is 27.5 Å². The van der Waals surface area contributed by atoms with E-state index in [2.05, 4.69) is 34.3 Å². The van der Waals surface area contributed by atoms with Crippen molar-refractivity contribution in [3.8, 4) is 5.69 Å². The molecule has 0 aliphatic heterocycles. The Kier molecular flexibility index (Phi) is 3.68. The number of hydrogen-bond donors (Lipinski definition) is 1. The van der Waals surface area contributed by atoms with Crippen LogP contribution in [0.5, 0.6) is 0 Å². The predicted molar refractivity (Wildman–Crippen MR) is 92.3 cm³/mol. The number of aromatic nitrogens is 2. The molecule has 0 radical (unpaired) electrons. The normalized spacial score (nSPS) is 11.5. The van der Waals surface area contributed by atoms with E-state index in [1.807, 2.05) is 36.4 Å². The van der Waals surface area contributed by atoms with Gasteiger partial charge in [0.15, 0.2) is 0 Å². The van der Waals surface area contributed by atoms with Gasteiger partial charge in [-0.05, 0) is 36.4 Å². The standard InChI is InChI=1S/C16H15BrClN3/c1-9(2)16-20-13-8-11(19)4-6-15(13)21(16)14-5-3-10(17)7-12(14)18/h3-9H,19H2,1-2H3. The Bertz CT molecular complexity index is 824. The second-order valence-corrected chi connectivity index (χ2v) is 6.63. The van der Waals surface area contributed by atoms with Crippen molar-refractivity contribution in [1.82, 2.24) is 9.55 Å². The van der Waals surface area contributed by atoms with Gasteiger partial charge in [0.05, 0.1) is 21.7 Å². The maximum atomic E-state index is 6.43. The smallest absolute Gasteiger partial charge is 0.117 e. The molecule has 0 amide bonds. The summed E-state index contributed by atoms with van der Waals surface area (Å²) in [6, 6.07) is 11.6. The molecule has 3 rings (SSSR count). The quantitative estimate of drug-likeness (QED) is 0.639. The Balaban J connectivity index is 2.36. The minimum absolute atomic E-state index is 0.276. The molecule has 0 bridgehead atoms. The zero-order valence-electron chi connectivity index (χ0n) is 11.8. The molecule has 3 aromatic rings. The number of fused-ring (bicyclic) bond motifs is 1. The molecule has 0 atom stereocenters. The molecule has 2 N–H and O–H groups in total. The van der Waals surface area contributed by atoms with Gasteiger partial charge >= 0.3 is 0 Å². The van der Waals surface area contributed by atoms with Crippen molar-refractivity contribution in [3.05, 3.63) is 51.7 Å². The zero-order valence-corrected chi connectivity index (χ0v) is 14.1. The van der Waals surface area contributed by atoms with Crippen LogP contribution in [0.1, 0.15) is 25.6 Å². The first-order valence-corrected chi connectivity index (χ1v) is 7.88. The molecule has 0 fully saturated rings. The van der Waals surface area contributed by atoms with Crippen molar-refractivity contribution in [2.24, 2.45) is 0 Å². The highest BCUT2D eigenvalue weighted by molar-refractivity contribution is 9.10. The van der Waals surface area contributed by atoms with Gasteiger partial charge in [0, 0.05) is 16.1 Å². The van der Waals surface area contributed by atoms with Crippen molar-refractivity contribution in [1.29, 1.82) is 0 Å². The monoisotopic (exact) mass is 363 g/mol. The topological polar surface area (TPSA) is 43.8 Å². The molecule has 0 spiro atoms. The molecule has 3 nitrogen and oxygen atoms in total. The number of hydrogen-bond acceptors (Lipinski definition) is 2. The van der Waals surface area contributed by atoms with Crippen molar-refractivity contribution >= 4 is 44.3 Å². The number of halogens is 2. The molecule has 0 saturated heterocycles. The lowest BCUT2D eigenvalue weighted by molar-refractivity contribution is 0.760. The Morgan fingerprint density at radius 3 is 2.62 bits per heavy atom. The lowest BCUT2D eigenvalue weighted by Crippen LogP contribution is -2.03. The van der Waals surface area contributed by atoms with E-state index in [9.17, 15) is 0 Å². The largest absolute Gasteiger partial charge is 0.399 e.